The van der Waals surface area contributed by atoms with E-state index in [4.69, 9.17) is 10.7 Å². The van der Waals surface area contributed by atoms with Crippen LogP contribution >= 0.6 is 0 Å². The number of hydrogen-bond acceptors (Lipinski definition) is 6. The fraction of sp³-hybridized carbons (Fsp3) is 0.357. The second-order valence-electron chi connectivity index (χ2n) is 9.93. The standard InChI is InChI=1S/C28H31N7O/c1-18-26-25(33-27(35(26)14-12-30-18)23-3-2-13-34(16-23)17-29)20-6-8-21(9-7-20)28(36)32-24-15-22(10-11-31-24)19-4-5-19/h6-12,14-15,19,23H,2-5,13,16-17,29H2,1H3,(H,31,32,36)/t23-/m1/s1. The molecule has 1 saturated carbocycles. The van der Waals surface area contributed by atoms with E-state index in [0.717, 1.165) is 54.2 Å². The maximum atomic E-state index is 12.9. The Balaban J connectivity index is 1.28. The second kappa shape index (κ2) is 9.44. The molecule has 0 radical (unpaired) electrons. The van der Waals surface area contributed by atoms with Crippen molar-refractivity contribution in [3.63, 3.8) is 0 Å². The Bertz CT molecular complexity index is 1410. The van der Waals surface area contributed by atoms with Crippen molar-refractivity contribution in [2.24, 2.45) is 5.73 Å². The molecule has 6 rings (SSSR count). The summed E-state index contributed by atoms with van der Waals surface area (Å²) in [7, 11) is 0. The fourth-order valence-electron chi connectivity index (χ4n) is 5.29. The summed E-state index contributed by atoms with van der Waals surface area (Å²) < 4.78 is 2.18. The maximum absolute atomic E-state index is 12.9. The number of nitrogens with one attached hydrogen (secondary N) is 1. The number of fused-ring (bicyclic) bond motifs is 1. The molecule has 1 amide bonds. The highest BCUT2D eigenvalue weighted by molar-refractivity contribution is 6.04. The monoisotopic (exact) mass is 481 g/mol. The minimum absolute atomic E-state index is 0.167. The number of aryl methyl sites for hydroxylation is 1. The van der Waals surface area contributed by atoms with Crippen LogP contribution in [0.3, 0.4) is 0 Å². The molecule has 0 bridgehead atoms. The fourth-order valence-corrected chi connectivity index (χ4v) is 5.29. The van der Waals surface area contributed by atoms with Gasteiger partial charge in [-0.3, -0.25) is 19.1 Å². The van der Waals surface area contributed by atoms with E-state index in [1.165, 1.54) is 18.4 Å². The first kappa shape index (κ1) is 22.8. The molecule has 0 spiro atoms. The van der Waals surface area contributed by atoms with Gasteiger partial charge in [0.2, 0.25) is 0 Å². The van der Waals surface area contributed by atoms with Crippen molar-refractivity contribution in [3.05, 3.63) is 77.6 Å². The smallest absolute Gasteiger partial charge is 0.256 e. The topological polar surface area (TPSA) is 101 Å². The van der Waals surface area contributed by atoms with Crippen LogP contribution in [0.5, 0.6) is 0 Å². The average Bonchev–Trinajstić information content (AvgIpc) is 3.69. The van der Waals surface area contributed by atoms with Crippen molar-refractivity contribution in [2.75, 3.05) is 25.1 Å². The first-order valence-corrected chi connectivity index (χ1v) is 12.7. The number of nitrogens with zero attached hydrogens (tertiary/aromatic N) is 5. The Hall–Kier alpha value is -3.62. The van der Waals surface area contributed by atoms with Gasteiger partial charge >= 0.3 is 0 Å². The zero-order valence-corrected chi connectivity index (χ0v) is 20.5. The van der Waals surface area contributed by atoms with Crippen molar-refractivity contribution in [1.82, 2.24) is 24.3 Å². The van der Waals surface area contributed by atoms with E-state index in [2.05, 4.69) is 24.6 Å². The van der Waals surface area contributed by atoms with Crippen molar-refractivity contribution in [3.8, 4) is 11.3 Å². The lowest BCUT2D eigenvalue weighted by atomic mass is 9.97. The minimum atomic E-state index is -0.167. The molecular weight excluding hydrogens is 450 g/mol. The van der Waals surface area contributed by atoms with Crippen LogP contribution in [0, 0.1) is 6.92 Å². The van der Waals surface area contributed by atoms with Crippen LogP contribution in [0.4, 0.5) is 5.82 Å². The molecule has 1 aliphatic carbocycles. The third-order valence-electron chi connectivity index (χ3n) is 7.39. The van der Waals surface area contributed by atoms with Crippen LogP contribution in [0.1, 0.15) is 65.0 Å². The number of rotatable bonds is 6. The van der Waals surface area contributed by atoms with Gasteiger partial charge in [-0.1, -0.05) is 12.1 Å². The lowest BCUT2D eigenvalue weighted by Crippen LogP contribution is -2.38. The minimum Gasteiger partial charge on any atom is -0.318 e. The summed E-state index contributed by atoms with van der Waals surface area (Å²) in [5.41, 5.74) is 11.6. The molecule has 36 heavy (non-hydrogen) atoms. The second-order valence-corrected chi connectivity index (χ2v) is 9.93. The highest BCUT2D eigenvalue weighted by atomic mass is 16.1. The molecule has 1 saturated heterocycles. The molecule has 184 valence electrons. The highest BCUT2D eigenvalue weighted by Gasteiger charge is 2.27. The predicted molar refractivity (Wildman–Crippen MR) is 140 cm³/mol. The van der Waals surface area contributed by atoms with Crippen LogP contribution in [0.25, 0.3) is 16.8 Å². The molecular formula is C28H31N7O. The first-order valence-electron chi connectivity index (χ1n) is 12.7. The van der Waals surface area contributed by atoms with Crippen LogP contribution in [0.15, 0.2) is 55.0 Å². The number of carbonyl (C=O) groups is 1. The molecule has 4 aromatic rings. The van der Waals surface area contributed by atoms with Crippen molar-refractivity contribution < 1.29 is 4.79 Å². The lowest BCUT2D eigenvalue weighted by Gasteiger charge is -2.30. The Labute approximate surface area is 210 Å². The van der Waals surface area contributed by atoms with Gasteiger partial charge < -0.3 is 11.1 Å². The molecule has 1 aliphatic heterocycles. The molecule has 4 heterocycles. The third-order valence-corrected chi connectivity index (χ3v) is 7.39. The van der Waals surface area contributed by atoms with Crippen LogP contribution in [0.2, 0.25) is 0 Å². The van der Waals surface area contributed by atoms with E-state index >= 15 is 0 Å². The van der Waals surface area contributed by atoms with Gasteiger partial charge in [-0.25, -0.2) is 9.97 Å². The summed E-state index contributed by atoms with van der Waals surface area (Å²) in [5, 5.41) is 2.94. The van der Waals surface area contributed by atoms with E-state index in [0.29, 0.717) is 29.9 Å². The van der Waals surface area contributed by atoms with E-state index in [9.17, 15) is 4.79 Å². The van der Waals surface area contributed by atoms with E-state index in [-0.39, 0.29) is 5.91 Å². The number of pyridine rings is 1. The van der Waals surface area contributed by atoms with Gasteiger partial charge in [0.05, 0.1) is 16.9 Å². The number of nitrogens with two attached hydrogens (primary N) is 1. The molecule has 8 nitrogen and oxygen atoms in total. The van der Waals surface area contributed by atoms with Gasteiger partial charge in [0.15, 0.2) is 0 Å². The van der Waals surface area contributed by atoms with Crippen molar-refractivity contribution in [2.45, 2.75) is 44.4 Å². The van der Waals surface area contributed by atoms with E-state index in [1.807, 2.05) is 55.7 Å². The van der Waals surface area contributed by atoms with E-state index in [1.54, 1.807) is 6.20 Å². The quantitative estimate of drug-likeness (QED) is 0.425. The molecule has 1 aromatic carbocycles. The van der Waals surface area contributed by atoms with Gasteiger partial charge in [0.25, 0.3) is 5.91 Å². The van der Waals surface area contributed by atoms with Gasteiger partial charge in [-0.2, -0.15) is 0 Å². The maximum Gasteiger partial charge on any atom is 0.256 e. The average molecular weight is 482 g/mol. The van der Waals surface area contributed by atoms with Gasteiger partial charge in [0.1, 0.15) is 11.6 Å². The normalized spacial score (nSPS) is 18.4. The predicted octanol–water partition coefficient (Wildman–Crippen LogP) is 4.33. The Morgan fingerprint density at radius 1 is 1.08 bits per heavy atom. The number of carbonyl (C=O) groups excluding carboxylic acids is 1. The molecule has 1 atom stereocenters. The summed E-state index contributed by atoms with van der Waals surface area (Å²) in [5.74, 6) is 2.40. The number of imidazole rings is 1. The number of amides is 1. The van der Waals surface area contributed by atoms with Crippen LogP contribution < -0.4 is 11.1 Å². The van der Waals surface area contributed by atoms with Gasteiger partial charge in [0, 0.05) is 48.8 Å². The number of aromatic nitrogens is 4. The van der Waals surface area contributed by atoms with Crippen molar-refractivity contribution in [1.29, 1.82) is 0 Å². The summed E-state index contributed by atoms with van der Waals surface area (Å²) in [6.07, 6.45) is 10.2. The first-order chi connectivity index (χ1) is 17.6. The third kappa shape index (κ3) is 4.38. The Kier molecular flexibility index (Phi) is 5.99. The molecule has 2 fully saturated rings. The Morgan fingerprint density at radius 2 is 1.92 bits per heavy atom. The summed E-state index contributed by atoms with van der Waals surface area (Å²) in [4.78, 5) is 29.2. The van der Waals surface area contributed by atoms with Gasteiger partial charge in [-0.15, -0.1) is 0 Å². The number of benzene rings is 1. The summed E-state index contributed by atoms with van der Waals surface area (Å²) in [6, 6.07) is 11.6. The Morgan fingerprint density at radius 3 is 2.69 bits per heavy atom. The zero-order chi connectivity index (χ0) is 24.6. The van der Waals surface area contributed by atoms with Gasteiger partial charge in [-0.05, 0) is 74.9 Å². The molecule has 8 heteroatoms. The number of anilines is 1. The zero-order valence-electron chi connectivity index (χ0n) is 20.5. The van der Waals surface area contributed by atoms with Crippen LogP contribution in [-0.4, -0.2) is 49.9 Å². The van der Waals surface area contributed by atoms with Crippen LogP contribution in [-0.2, 0) is 0 Å². The molecule has 2 aliphatic rings. The molecule has 3 aromatic heterocycles. The lowest BCUT2D eigenvalue weighted by molar-refractivity contribution is 0.102. The van der Waals surface area contributed by atoms with E-state index < -0.39 is 0 Å². The summed E-state index contributed by atoms with van der Waals surface area (Å²) in [6.45, 7) is 4.53. The van der Waals surface area contributed by atoms with Crippen molar-refractivity contribution >= 4 is 17.2 Å². The SMILES string of the molecule is Cc1nccn2c([C@@H]3CCCN(CN)C3)nc(-c3ccc(C(=O)Nc4cc(C5CC5)ccn4)cc3)c12. The molecule has 0 unspecified atom stereocenters. The molecule has 3 N–H and O–H groups in total. The number of hydrogen-bond donors (Lipinski definition) is 2. The number of piperidine rings is 1. The summed E-state index contributed by atoms with van der Waals surface area (Å²) >= 11 is 0. The number of likely N-dealkylation sites (tertiary alicyclic amines) is 1. The largest absolute Gasteiger partial charge is 0.318 e. The highest BCUT2D eigenvalue weighted by Crippen LogP contribution is 2.40.